The molecule has 7 heteroatoms. The number of rotatable bonds is 2. The Kier molecular flexibility index (Phi) is 2.97. The maximum absolute atomic E-state index is 11.9. The van der Waals surface area contributed by atoms with E-state index in [0.717, 1.165) is 0 Å². The van der Waals surface area contributed by atoms with Crippen LogP contribution >= 0.6 is 0 Å². The number of carbonyl (C=O) groups is 3. The Morgan fingerprint density at radius 3 is 2.86 bits per heavy atom. The molecule has 1 aliphatic rings. The fourth-order valence-electron chi connectivity index (χ4n) is 2.65. The van der Waals surface area contributed by atoms with Crippen molar-refractivity contribution in [3.63, 3.8) is 0 Å². The average molecular weight is 287 g/mol. The highest BCUT2D eigenvalue weighted by Gasteiger charge is 2.29. The molecule has 2 N–H and O–H groups in total. The Labute approximate surface area is 119 Å². The van der Waals surface area contributed by atoms with Gasteiger partial charge in [-0.25, -0.2) is 4.79 Å². The summed E-state index contributed by atoms with van der Waals surface area (Å²) in [5.74, 6) is -2.28. The molecule has 0 spiro atoms. The number of nitrogens with zero attached hydrogens (tertiary/aromatic N) is 2. The van der Waals surface area contributed by atoms with Crippen LogP contribution in [0, 0.1) is 0 Å². The first kappa shape index (κ1) is 13.3. The van der Waals surface area contributed by atoms with Crippen LogP contribution in [0.2, 0.25) is 0 Å². The minimum absolute atomic E-state index is 0.111. The van der Waals surface area contributed by atoms with Gasteiger partial charge >= 0.3 is 5.97 Å². The number of hydrogen-bond acceptors (Lipinski definition) is 4. The third kappa shape index (κ3) is 2.26. The Hall–Kier alpha value is -2.70. The molecule has 1 saturated heterocycles. The van der Waals surface area contributed by atoms with Gasteiger partial charge in [-0.05, 0) is 24.1 Å². The Morgan fingerprint density at radius 1 is 1.43 bits per heavy atom. The summed E-state index contributed by atoms with van der Waals surface area (Å²) in [5.41, 5.74) is 1.21. The van der Waals surface area contributed by atoms with Gasteiger partial charge in [-0.2, -0.15) is 5.10 Å². The fourth-order valence-corrected chi connectivity index (χ4v) is 2.65. The molecular formula is C14H13N3O4. The minimum atomic E-state index is -1.07. The standard InChI is InChI=1S/C14H13N3O4/c1-17-6-10-9(14(20)21)4-7(5-11(10)16-17)8-2-3-12(18)15-13(8)19/h4-6,8H,2-3H2,1H3,(H,20,21)(H,15,18,19). The van der Waals surface area contributed by atoms with Crippen molar-refractivity contribution in [3.8, 4) is 0 Å². The highest BCUT2D eigenvalue weighted by molar-refractivity contribution is 6.05. The van der Waals surface area contributed by atoms with Gasteiger partial charge in [0.25, 0.3) is 0 Å². The van der Waals surface area contributed by atoms with E-state index in [2.05, 4.69) is 10.4 Å². The zero-order valence-corrected chi connectivity index (χ0v) is 11.3. The molecule has 0 aliphatic carbocycles. The number of aromatic nitrogens is 2. The second-order valence-corrected chi connectivity index (χ2v) is 5.11. The van der Waals surface area contributed by atoms with Gasteiger partial charge in [-0.1, -0.05) is 0 Å². The number of piperidine rings is 1. The summed E-state index contributed by atoms with van der Waals surface area (Å²) in [6.45, 7) is 0. The predicted octanol–water partition coefficient (Wildman–Crippen LogP) is 0.792. The van der Waals surface area contributed by atoms with Crippen LogP contribution in [0.1, 0.15) is 34.7 Å². The van der Waals surface area contributed by atoms with Crippen LogP contribution in [0.3, 0.4) is 0 Å². The summed E-state index contributed by atoms with van der Waals surface area (Å²) in [5, 5.41) is 16.3. The fraction of sp³-hybridized carbons (Fsp3) is 0.286. The summed E-state index contributed by atoms with van der Waals surface area (Å²) in [7, 11) is 1.71. The van der Waals surface area contributed by atoms with E-state index < -0.39 is 17.8 Å². The molecule has 21 heavy (non-hydrogen) atoms. The first-order valence-corrected chi connectivity index (χ1v) is 6.50. The average Bonchev–Trinajstić information content (AvgIpc) is 2.77. The molecule has 1 unspecified atom stereocenters. The second kappa shape index (κ2) is 4.69. The predicted molar refractivity (Wildman–Crippen MR) is 72.8 cm³/mol. The number of benzene rings is 1. The number of imide groups is 1. The second-order valence-electron chi connectivity index (χ2n) is 5.11. The van der Waals surface area contributed by atoms with Crippen molar-refractivity contribution in [2.75, 3.05) is 0 Å². The maximum atomic E-state index is 11.9. The smallest absolute Gasteiger partial charge is 0.336 e. The molecule has 2 amide bonds. The van der Waals surface area contributed by atoms with Crippen molar-refractivity contribution >= 4 is 28.7 Å². The Balaban J connectivity index is 2.13. The van der Waals surface area contributed by atoms with E-state index in [1.807, 2.05) is 0 Å². The van der Waals surface area contributed by atoms with Gasteiger partial charge in [0.15, 0.2) is 0 Å². The first-order chi connectivity index (χ1) is 9.95. The van der Waals surface area contributed by atoms with Crippen LogP contribution in [-0.2, 0) is 16.6 Å². The number of nitrogens with one attached hydrogen (secondary N) is 1. The van der Waals surface area contributed by atoms with E-state index in [0.29, 0.717) is 22.9 Å². The van der Waals surface area contributed by atoms with E-state index in [1.165, 1.54) is 10.7 Å². The molecule has 0 radical (unpaired) electrons. The molecule has 108 valence electrons. The van der Waals surface area contributed by atoms with E-state index in [4.69, 9.17) is 0 Å². The van der Waals surface area contributed by atoms with Crippen LogP contribution in [0.25, 0.3) is 10.9 Å². The number of carboxylic acids is 1. The molecule has 7 nitrogen and oxygen atoms in total. The molecule has 2 aromatic rings. The van der Waals surface area contributed by atoms with Crippen molar-refractivity contribution in [1.82, 2.24) is 15.1 Å². The molecule has 1 fully saturated rings. The number of hydrogen-bond donors (Lipinski definition) is 2. The van der Waals surface area contributed by atoms with Gasteiger partial charge in [0.1, 0.15) is 0 Å². The number of aryl methyl sites for hydroxylation is 1. The molecule has 0 saturated carbocycles. The molecule has 1 aromatic carbocycles. The molecule has 3 rings (SSSR count). The zero-order chi connectivity index (χ0) is 15.1. The van der Waals surface area contributed by atoms with E-state index in [1.54, 1.807) is 19.3 Å². The number of amides is 2. The van der Waals surface area contributed by atoms with Gasteiger partial charge in [0, 0.05) is 25.1 Å². The third-order valence-corrected chi connectivity index (χ3v) is 3.63. The first-order valence-electron chi connectivity index (χ1n) is 6.50. The Morgan fingerprint density at radius 2 is 2.19 bits per heavy atom. The molecular weight excluding hydrogens is 274 g/mol. The van der Waals surface area contributed by atoms with Gasteiger partial charge in [-0.15, -0.1) is 0 Å². The van der Waals surface area contributed by atoms with Gasteiger partial charge < -0.3 is 5.11 Å². The number of carboxylic acid groups (broad SMARTS) is 1. The molecule has 1 aliphatic heterocycles. The third-order valence-electron chi connectivity index (χ3n) is 3.63. The molecule has 1 aromatic heterocycles. The SMILES string of the molecule is Cn1cc2c(C(=O)O)cc(C3CCC(=O)NC3=O)cc2n1. The summed E-state index contributed by atoms with van der Waals surface area (Å²) in [4.78, 5) is 34.5. The van der Waals surface area contributed by atoms with E-state index in [9.17, 15) is 19.5 Å². The van der Waals surface area contributed by atoms with Crippen molar-refractivity contribution in [2.24, 2.45) is 7.05 Å². The summed E-state index contributed by atoms with van der Waals surface area (Å²) >= 11 is 0. The minimum Gasteiger partial charge on any atom is -0.478 e. The van der Waals surface area contributed by atoms with Crippen LogP contribution < -0.4 is 5.32 Å². The van der Waals surface area contributed by atoms with Crippen LogP contribution in [-0.4, -0.2) is 32.7 Å². The number of fused-ring (bicyclic) bond motifs is 1. The summed E-state index contributed by atoms with van der Waals surface area (Å²) in [6.07, 6.45) is 2.26. The largest absolute Gasteiger partial charge is 0.478 e. The van der Waals surface area contributed by atoms with E-state index >= 15 is 0 Å². The van der Waals surface area contributed by atoms with Crippen LogP contribution in [0.5, 0.6) is 0 Å². The van der Waals surface area contributed by atoms with Crippen molar-refractivity contribution in [1.29, 1.82) is 0 Å². The summed E-state index contributed by atoms with van der Waals surface area (Å²) < 4.78 is 1.53. The molecule has 1 atom stereocenters. The lowest BCUT2D eigenvalue weighted by atomic mass is 9.89. The van der Waals surface area contributed by atoms with Gasteiger partial charge in [-0.3, -0.25) is 19.6 Å². The number of aromatic carboxylic acids is 1. The van der Waals surface area contributed by atoms with Gasteiger partial charge in [0.2, 0.25) is 11.8 Å². The van der Waals surface area contributed by atoms with Crippen LogP contribution in [0.4, 0.5) is 0 Å². The lowest BCUT2D eigenvalue weighted by molar-refractivity contribution is -0.134. The van der Waals surface area contributed by atoms with Crippen molar-refractivity contribution in [3.05, 3.63) is 29.5 Å². The Bertz CT molecular complexity index is 778. The summed E-state index contributed by atoms with van der Waals surface area (Å²) in [6, 6.07) is 3.20. The lowest BCUT2D eigenvalue weighted by Gasteiger charge is -2.21. The topological polar surface area (TPSA) is 101 Å². The molecule has 2 heterocycles. The van der Waals surface area contributed by atoms with Crippen LogP contribution in [0.15, 0.2) is 18.3 Å². The molecule has 0 bridgehead atoms. The quantitative estimate of drug-likeness (QED) is 0.795. The van der Waals surface area contributed by atoms with Gasteiger partial charge in [0.05, 0.1) is 17.0 Å². The lowest BCUT2D eigenvalue weighted by Crippen LogP contribution is -2.39. The monoisotopic (exact) mass is 287 g/mol. The van der Waals surface area contributed by atoms with Crippen molar-refractivity contribution in [2.45, 2.75) is 18.8 Å². The van der Waals surface area contributed by atoms with E-state index in [-0.39, 0.29) is 17.9 Å². The van der Waals surface area contributed by atoms with Crippen molar-refractivity contribution < 1.29 is 19.5 Å². The highest BCUT2D eigenvalue weighted by Crippen LogP contribution is 2.29. The highest BCUT2D eigenvalue weighted by atomic mass is 16.4. The number of carbonyl (C=O) groups excluding carboxylic acids is 2. The maximum Gasteiger partial charge on any atom is 0.336 e. The normalized spacial score (nSPS) is 18.8. The zero-order valence-electron chi connectivity index (χ0n) is 11.3.